The third kappa shape index (κ3) is 3.34. The monoisotopic (exact) mass is 378 g/mol. The van der Waals surface area contributed by atoms with Crippen LogP contribution in [0.2, 0.25) is 0 Å². The largest absolute Gasteiger partial charge is 0.371 e. The summed E-state index contributed by atoms with van der Waals surface area (Å²) in [5.74, 6) is -3.57. The lowest BCUT2D eigenvalue weighted by Gasteiger charge is -2.39. The predicted octanol–water partition coefficient (Wildman–Crippen LogP) is 1.81. The predicted molar refractivity (Wildman–Crippen MR) is 91.2 cm³/mol. The first-order chi connectivity index (χ1) is 12.9. The highest BCUT2D eigenvalue weighted by molar-refractivity contribution is 6.01. The average molecular weight is 378 g/mol. The fourth-order valence-electron chi connectivity index (χ4n) is 4.24. The van der Waals surface area contributed by atoms with E-state index in [1.54, 1.807) is 0 Å². The highest BCUT2D eigenvalue weighted by atomic mass is 19.1. The number of ether oxygens (including phenoxy) is 1. The number of nitrogens with one attached hydrogen (secondary N) is 1. The van der Waals surface area contributed by atoms with Gasteiger partial charge in [-0.15, -0.1) is 0 Å². The maximum absolute atomic E-state index is 14.7. The first kappa shape index (κ1) is 18.0. The third-order valence-corrected chi connectivity index (χ3v) is 5.75. The number of carbonyl (C=O) groups is 3. The number of piperidine rings is 2. The fraction of sp³-hybridized carbons (Fsp3) is 0.526. The van der Waals surface area contributed by atoms with E-state index in [0.717, 1.165) is 0 Å². The molecule has 1 spiro atoms. The van der Waals surface area contributed by atoms with E-state index >= 15 is 0 Å². The van der Waals surface area contributed by atoms with Crippen molar-refractivity contribution in [3.8, 4) is 0 Å². The quantitative estimate of drug-likeness (QED) is 0.795. The Kier molecular flexibility index (Phi) is 4.46. The molecule has 6 nitrogen and oxygen atoms in total. The van der Waals surface area contributed by atoms with Crippen LogP contribution in [0, 0.1) is 11.6 Å². The molecule has 1 unspecified atom stereocenters. The molecule has 2 amide bonds. The summed E-state index contributed by atoms with van der Waals surface area (Å²) in [6.07, 6.45) is 1.80. The average Bonchev–Trinajstić information content (AvgIpc) is 2.97. The van der Waals surface area contributed by atoms with Crippen molar-refractivity contribution in [1.29, 1.82) is 0 Å². The standard InChI is InChI=1S/C19H20F2N2O4/c20-14-7-11(23-5-3-19(4-6-23)9-12(24)10-27-19)8-15(21)17(14)13-1-2-16(25)22-18(13)26/h7-8,13H,1-6,9-10H2,(H,22,25,26). The molecule has 3 heterocycles. The van der Waals surface area contributed by atoms with Crippen LogP contribution in [0.25, 0.3) is 0 Å². The molecule has 3 aliphatic heterocycles. The van der Waals surface area contributed by atoms with Crippen molar-refractivity contribution in [1.82, 2.24) is 5.32 Å². The van der Waals surface area contributed by atoms with Crippen LogP contribution in [0.4, 0.5) is 14.5 Å². The Hall–Kier alpha value is -2.35. The highest BCUT2D eigenvalue weighted by Gasteiger charge is 2.42. The first-order valence-corrected chi connectivity index (χ1v) is 9.10. The zero-order chi connectivity index (χ0) is 19.2. The van der Waals surface area contributed by atoms with Crippen molar-refractivity contribution in [3.63, 3.8) is 0 Å². The molecule has 3 saturated heterocycles. The molecule has 1 aromatic carbocycles. The van der Waals surface area contributed by atoms with Gasteiger partial charge in [0.1, 0.15) is 18.2 Å². The summed E-state index contributed by atoms with van der Waals surface area (Å²) in [4.78, 5) is 36.6. The summed E-state index contributed by atoms with van der Waals surface area (Å²) in [7, 11) is 0. The van der Waals surface area contributed by atoms with Crippen molar-refractivity contribution in [2.45, 2.75) is 43.6 Å². The van der Waals surface area contributed by atoms with Gasteiger partial charge in [-0.3, -0.25) is 19.7 Å². The van der Waals surface area contributed by atoms with Gasteiger partial charge in [0.05, 0.1) is 11.5 Å². The minimum Gasteiger partial charge on any atom is -0.371 e. The van der Waals surface area contributed by atoms with Gasteiger partial charge in [0.2, 0.25) is 11.8 Å². The van der Waals surface area contributed by atoms with Crippen LogP contribution in [-0.2, 0) is 19.1 Å². The Morgan fingerprint density at radius 2 is 1.78 bits per heavy atom. The topological polar surface area (TPSA) is 75.7 Å². The van der Waals surface area contributed by atoms with E-state index in [0.29, 0.717) is 38.0 Å². The molecule has 4 rings (SSSR count). The zero-order valence-electron chi connectivity index (χ0n) is 14.7. The minimum atomic E-state index is -1.00. The number of rotatable bonds is 2. The normalized spacial score (nSPS) is 25.2. The van der Waals surface area contributed by atoms with Crippen LogP contribution in [0.15, 0.2) is 12.1 Å². The lowest BCUT2D eigenvalue weighted by molar-refractivity contribution is -0.134. The van der Waals surface area contributed by atoms with Crippen LogP contribution in [0.1, 0.15) is 43.6 Å². The Morgan fingerprint density at radius 3 is 2.33 bits per heavy atom. The van der Waals surface area contributed by atoms with Crippen molar-refractivity contribution >= 4 is 23.3 Å². The van der Waals surface area contributed by atoms with Crippen molar-refractivity contribution in [2.24, 2.45) is 0 Å². The van der Waals surface area contributed by atoms with E-state index in [2.05, 4.69) is 5.32 Å². The molecule has 1 atom stereocenters. The van der Waals surface area contributed by atoms with E-state index in [-0.39, 0.29) is 30.8 Å². The summed E-state index contributed by atoms with van der Waals surface area (Å²) >= 11 is 0. The van der Waals surface area contributed by atoms with Gasteiger partial charge >= 0.3 is 0 Å². The van der Waals surface area contributed by atoms with Gasteiger partial charge < -0.3 is 9.64 Å². The van der Waals surface area contributed by atoms with Gasteiger partial charge in [0, 0.05) is 37.2 Å². The molecule has 3 fully saturated rings. The maximum Gasteiger partial charge on any atom is 0.234 e. The van der Waals surface area contributed by atoms with Crippen LogP contribution in [0.5, 0.6) is 0 Å². The van der Waals surface area contributed by atoms with Crippen molar-refractivity contribution < 1.29 is 27.9 Å². The van der Waals surface area contributed by atoms with E-state index in [1.165, 1.54) is 12.1 Å². The summed E-state index contributed by atoms with van der Waals surface area (Å²) in [5, 5.41) is 2.13. The Labute approximate surface area is 154 Å². The number of benzene rings is 1. The summed E-state index contributed by atoms with van der Waals surface area (Å²) in [5.41, 5.74) is -0.320. The molecule has 27 heavy (non-hydrogen) atoms. The summed E-state index contributed by atoms with van der Waals surface area (Å²) in [6, 6.07) is 2.47. The van der Waals surface area contributed by atoms with Gasteiger partial charge in [0.15, 0.2) is 5.78 Å². The third-order valence-electron chi connectivity index (χ3n) is 5.75. The molecular formula is C19H20F2N2O4. The summed E-state index contributed by atoms with van der Waals surface area (Å²) in [6.45, 7) is 1.21. The van der Waals surface area contributed by atoms with Gasteiger partial charge in [-0.1, -0.05) is 0 Å². The Bertz CT molecular complexity index is 795. The van der Waals surface area contributed by atoms with E-state index in [1.807, 2.05) is 4.90 Å². The maximum atomic E-state index is 14.7. The molecule has 8 heteroatoms. The summed E-state index contributed by atoms with van der Waals surface area (Å²) < 4.78 is 35.0. The first-order valence-electron chi connectivity index (χ1n) is 9.10. The van der Waals surface area contributed by atoms with Crippen molar-refractivity contribution in [2.75, 3.05) is 24.6 Å². The molecule has 3 aliphatic rings. The van der Waals surface area contributed by atoms with E-state index in [4.69, 9.17) is 4.74 Å². The van der Waals surface area contributed by atoms with Crippen LogP contribution >= 0.6 is 0 Å². The second-order valence-corrected chi connectivity index (χ2v) is 7.50. The Morgan fingerprint density at radius 1 is 1.11 bits per heavy atom. The second-order valence-electron chi connectivity index (χ2n) is 7.50. The lowest BCUT2D eigenvalue weighted by Crippen LogP contribution is -2.44. The molecular weight excluding hydrogens is 358 g/mol. The number of halogens is 2. The number of imide groups is 1. The van der Waals surface area contributed by atoms with E-state index in [9.17, 15) is 23.2 Å². The highest BCUT2D eigenvalue weighted by Crippen LogP contribution is 2.37. The number of hydrogen-bond donors (Lipinski definition) is 1. The molecule has 1 N–H and O–H groups in total. The molecule has 0 aliphatic carbocycles. The number of amides is 2. The number of hydrogen-bond acceptors (Lipinski definition) is 5. The van der Waals surface area contributed by atoms with Crippen LogP contribution < -0.4 is 10.2 Å². The minimum absolute atomic E-state index is 0.0595. The van der Waals surface area contributed by atoms with Crippen LogP contribution in [-0.4, -0.2) is 42.9 Å². The number of nitrogens with zero attached hydrogens (tertiary/aromatic N) is 1. The van der Waals surface area contributed by atoms with Gasteiger partial charge in [-0.2, -0.15) is 0 Å². The Balaban J connectivity index is 1.52. The van der Waals surface area contributed by atoms with Crippen LogP contribution in [0.3, 0.4) is 0 Å². The second kappa shape index (κ2) is 6.67. The van der Waals surface area contributed by atoms with Gasteiger partial charge in [0.25, 0.3) is 0 Å². The number of ketones is 1. The van der Waals surface area contributed by atoms with Crippen molar-refractivity contribution in [3.05, 3.63) is 29.3 Å². The molecule has 0 radical (unpaired) electrons. The van der Waals surface area contributed by atoms with Gasteiger partial charge in [-0.05, 0) is 31.4 Å². The molecule has 0 aromatic heterocycles. The lowest BCUT2D eigenvalue weighted by atomic mass is 9.87. The molecule has 1 aromatic rings. The van der Waals surface area contributed by atoms with E-state index < -0.39 is 35.0 Å². The molecule has 0 saturated carbocycles. The molecule has 0 bridgehead atoms. The number of anilines is 1. The SMILES string of the molecule is O=C1COC2(CCN(c3cc(F)c(C4CCC(=O)NC4=O)c(F)c3)CC2)C1. The zero-order valence-corrected chi connectivity index (χ0v) is 14.7. The number of Topliss-reactive ketones (excluding diaryl/α,β-unsaturated/α-hetero) is 1. The smallest absolute Gasteiger partial charge is 0.234 e. The number of carbonyl (C=O) groups excluding carboxylic acids is 3. The fourth-order valence-corrected chi connectivity index (χ4v) is 4.24. The molecule has 144 valence electrons. The van der Waals surface area contributed by atoms with Gasteiger partial charge in [-0.25, -0.2) is 8.78 Å².